The van der Waals surface area contributed by atoms with Gasteiger partial charge in [0.1, 0.15) is 12.1 Å². The average Bonchev–Trinajstić information content (AvgIpc) is 3.12. The van der Waals surface area contributed by atoms with E-state index in [-0.39, 0.29) is 45.6 Å². The van der Waals surface area contributed by atoms with E-state index in [0.717, 1.165) is 24.3 Å². The number of aliphatic hydroxyl groups excluding tert-OH is 2. The molecule has 0 spiro atoms. The second kappa shape index (κ2) is 17.8. The Morgan fingerprint density at radius 2 is 0.923 bits per heavy atom. The van der Waals surface area contributed by atoms with Gasteiger partial charge in [0.2, 0.25) is 11.8 Å². The number of benzene rings is 4. The maximum atomic E-state index is 13.3. The molecular weight excluding hydrogens is 723 g/mol. The number of hydrogen-bond donors (Lipinski definition) is 6. The van der Waals surface area contributed by atoms with Gasteiger partial charge in [-0.05, 0) is 23.3 Å². The van der Waals surface area contributed by atoms with Crippen molar-refractivity contribution in [3.63, 3.8) is 0 Å². The van der Waals surface area contributed by atoms with Crippen LogP contribution in [0.2, 0.25) is 10.0 Å². The molecule has 0 heterocycles. The molecule has 270 valence electrons. The fraction of sp³-hybridized carbons (Fsp3) is 0.176. The number of hydrogen-bond acceptors (Lipinski definition) is 10. The molecule has 16 nitrogen and oxygen atoms in total. The van der Waals surface area contributed by atoms with Crippen LogP contribution in [0.5, 0.6) is 0 Å². The minimum absolute atomic E-state index is 0.0118. The second-order valence-corrected chi connectivity index (χ2v) is 12.0. The Hall–Kier alpha value is -5.94. The van der Waals surface area contributed by atoms with Gasteiger partial charge in [0, 0.05) is 37.1 Å². The third-order valence-electron chi connectivity index (χ3n) is 7.51. The Kier molecular flexibility index (Phi) is 13.3. The van der Waals surface area contributed by atoms with Gasteiger partial charge in [-0.25, -0.2) is 0 Å². The normalized spacial score (nSPS) is 13.1. The number of non-ortho nitro benzene ring substituents is 2. The van der Waals surface area contributed by atoms with Crippen molar-refractivity contribution >= 4 is 69.6 Å². The average molecular weight is 754 g/mol. The van der Waals surface area contributed by atoms with E-state index in [1.165, 1.54) is 12.1 Å². The summed E-state index contributed by atoms with van der Waals surface area (Å²) in [5.74, 6) is -4.34. The largest absolute Gasteiger partial charge is 0.380 e. The van der Waals surface area contributed by atoms with E-state index in [4.69, 9.17) is 23.2 Å². The van der Waals surface area contributed by atoms with Crippen molar-refractivity contribution in [1.29, 1.82) is 0 Å². The van der Waals surface area contributed by atoms with Crippen molar-refractivity contribution in [2.24, 2.45) is 0 Å². The molecule has 4 rings (SSSR count). The highest BCUT2D eigenvalue weighted by atomic mass is 35.5. The lowest BCUT2D eigenvalue weighted by atomic mass is 10.0. The van der Waals surface area contributed by atoms with E-state index in [0.29, 0.717) is 11.1 Å². The number of nitrogens with one attached hydrogen (secondary N) is 4. The Morgan fingerprint density at radius 1 is 0.577 bits per heavy atom. The summed E-state index contributed by atoms with van der Waals surface area (Å²) in [6, 6.07) is 20.6. The third kappa shape index (κ3) is 10.5. The monoisotopic (exact) mass is 752 g/mol. The van der Waals surface area contributed by atoms with Gasteiger partial charge in [-0.2, -0.15) is 0 Å². The number of carbonyl (C=O) groups is 4. The standard InChI is InChI=1S/C34H30Cl2N6O10/c35-23-17-21(41(49)50)11-13-25(23)37-31(45)27(15-19-7-3-1-4-8-19)39-33(47)29(43)30(44)34(48)40-28(16-20-9-5-2-6-10-20)32(46)38-26-14-12-22(42(51)52)18-24(26)36/h1-14,17-18,27-30,43-44H,15-16H2,(H,37,45)(H,38,46)(H,39,47)(H,40,48)/t27-,28-,29+,30+/m0/s1. The van der Waals surface area contributed by atoms with Gasteiger partial charge in [-0.1, -0.05) is 83.9 Å². The molecule has 0 aliphatic rings. The SMILES string of the molecule is O=C(Nc1ccc([N+](=O)[O-])cc1Cl)[C@H](Cc1ccccc1)NC(=O)[C@H](O)[C@@H](O)C(=O)N[C@@H](Cc1ccccc1)C(=O)Nc1ccc([N+](=O)[O-])cc1Cl. The van der Waals surface area contributed by atoms with Crippen molar-refractivity contribution in [3.8, 4) is 0 Å². The van der Waals surface area contributed by atoms with Gasteiger partial charge in [0.15, 0.2) is 12.2 Å². The molecule has 0 saturated heterocycles. The van der Waals surface area contributed by atoms with Crippen LogP contribution in [0, 0.1) is 20.2 Å². The van der Waals surface area contributed by atoms with E-state index in [2.05, 4.69) is 21.3 Å². The first-order chi connectivity index (χ1) is 24.7. The molecule has 0 bridgehead atoms. The molecule has 4 atom stereocenters. The number of anilines is 2. The maximum absolute atomic E-state index is 13.3. The summed E-state index contributed by atoms with van der Waals surface area (Å²) in [5, 5.41) is 52.8. The summed E-state index contributed by atoms with van der Waals surface area (Å²) in [5.41, 5.74) is 0.476. The zero-order valence-corrected chi connectivity index (χ0v) is 28.3. The Labute approximate surface area is 305 Å². The van der Waals surface area contributed by atoms with Gasteiger partial charge in [-0.3, -0.25) is 39.4 Å². The highest BCUT2D eigenvalue weighted by Gasteiger charge is 2.35. The van der Waals surface area contributed by atoms with Crippen molar-refractivity contribution in [1.82, 2.24) is 10.6 Å². The maximum Gasteiger partial charge on any atom is 0.271 e. The number of rotatable bonds is 15. The minimum Gasteiger partial charge on any atom is -0.380 e. The number of nitro groups is 2. The summed E-state index contributed by atoms with van der Waals surface area (Å²) in [7, 11) is 0. The van der Waals surface area contributed by atoms with Gasteiger partial charge in [0.25, 0.3) is 23.2 Å². The molecule has 0 unspecified atom stereocenters. The first-order valence-electron chi connectivity index (χ1n) is 15.3. The predicted molar refractivity (Wildman–Crippen MR) is 190 cm³/mol. The molecule has 6 N–H and O–H groups in total. The van der Waals surface area contributed by atoms with E-state index >= 15 is 0 Å². The summed E-state index contributed by atoms with van der Waals surface area (Å²) in [6.45, 7) is 0. The van der Waals surface area contributed by atoms with E-state index in [1.807, 2.05) is 0 Å². The Morgan fingerprint density at radius 3 is 1.23 bits per heavy atom. The molecule has 0 aromatic heterocycles. The number of aliphatic hydroxyl groups is 2. The van der Waals surface area contributed by atoms with Crippen LogP contribution in [0.4, 0.5) is 22.7 Å². The second-order valence-electron chi connectivity index (χ2n) is 11.2. The number of amides is 4. The quantitative estimate of drug-likeness (QED) is 0.0762. The number of nitro benzene ring substituents is 2. The number of halogens is 2. The lowest BCUT2D eigenvalue weighted by Crippen LogP contribution is -2.56. The fourth-order valence-corrected chi connectivity index (χ4v) is 5.24. The zero-order valence-electron chi connectivity index (χ0n) is 26.8. The van der Waals surface area contributed by atoms with E-state index in [1.54, 1.807) is 60.7 Å². The topological polar surface area (TPSA) is 243 Å². The van der Waals surface area contributed by atoms with Crippen LogP contribution in [-0.2, 0) is 32.0 Å². The lowest BCUT2D eigenvalue weighted by Gasteiger charge is -2.24. The molecule has 0 radical (unpaired) electrons. The van der Waals surface area contributed by atoms with Crippen LogP contribution in [-0.4, -0.2) is 68.0 Å². The zero-order chi connectivity index (χ0) is 37.9. The molecular formula is C34H30Cl2N6O10. The van der Waals surface area contributed by atoms with Crippen LogP contribution in [0.15, 0.2) is 97.1 Å². The molecule has 0 saturated carbocycles. The van der Waals surface area contributed by atoms with E-state index in [9.17, 15) is 49.6 Å². The molecule has 52 heavy (non-hydrogen) atoms. The summed E-state index contributed by atoms with van der Waals surface area (Å²) in [6.07, 6.45) is -5.11. The van der Waals surface area contributed by atoms with Crippen LogP contribution in [0.1, 0.15) is 11.1 Å². The van der Waals surface area contributed by atoms with Crippen LogP contribution in [0.3, 0.4) is 0 Å². The van der Waals surface area contributed by atoms with Gasteiger partial charge >= 0.3 is 0 Å². The number of nitrogens with zero attached hydrogens (tertiary/aromatic N) is 2. The molecule has 0 aliphatic heterocycles. The van der Waals surface area contributed by atoms with Gasteiger partial charge in [0.05, 0.1) is 31.3 Å². The van der Waals surface area contributed by atoms with Gasteiger partial charge in [-0.15, -0.1) is 0 Å². The van der Waals surface area contributed by atoms with Crippen molar-refractivity contribution in [2.45, 2.75) is 37.1 Å². The predicted octanol–water partition coefficient (Wildman–Crippen LogP) is 3.56. The van der Waals surface area contributed by atoms with Gasteiger partial charge < -0.3 is 31.5 Å². The molecule has 4 aromatic rings. The summed E-state index contributed by atoms with van der Waals surface area (Å²) in [4.78, 5) is 73.8. The lowest BCUT2D eigenvalue weighted by molar-refractivity contribution is -0.385. The minimum atomic E-state index is -2.43. The van der Waals surface area contributed by atoms with Crippen molar-refractivity contribution in [3.05, 3.63) is 138 Å². The molecule has 0 fully saturated rings. The van der Waals surface area contributed by atoms with E-state index < -0.39 is 57.8 Å². The molecule has 0 aliphatic carbocycles. The molecule has 4 amide bonds. The van der Waals surface area contributed by atoms with Crippen LogP contribution >= 0.6 is 23.2 Å². The Bertz CT molecular complexity index is 1830. The molecule has 4 aromatic carbocycles. The smallest absolute Gasteiger partial charge is 0.271 e. The highest BCUT2D eigenvalue weighted by molar-refractivity contribution is 6.34. The first-order valence-corrected chi connectivity index (χ1v) is 16.0. The summed E-state index contributed by atoms with van der Waals surface area (Å²) >= 11 is 12.2. The van der Waals surface area contributed by atoms with Crippen LogP contribution < -0.4 is 21.3 Å². The fourth-order valence-electron chi connectivity index (χ4n) is 4.80. The summed E-state index contributed by atoms with van der Waals surface area (Å²) < 4.78 is 0. The Balaban J connectivity index is 1.49. The highest BCUT2D eigenvalue weighted by Crippen LogP contribution is 2.28. The third-order valence-corrected chi connectivity index (χ3v) is 8.14. The molecule has 18 heteroatoms. The van der Waals surface area contributed by atoms with Crippen molar-refractivity contribution < 1.29 is 39.2 Å². The first kappa shape index (κ1) is 38.9. The number of carbonyl (C=O) groups excluding carboxylic acids is 4. The van der Waals surface area contributed by atoms with Crippen LogP contribution in [0.25, 0.3) is 0 Å². The van der Waals surface area contributed by atoms with Crippen molar-refractivity contribution in [2.75, 3.05) is 10.6 Å².